The summed E-state index contributed by atoms with van der Waals surface area (Å²) in [6, 6.07) is 18.2. The maximum absolute atomic E-state index is 12.5. The highest BCUT2D eigenvalue weighted by atomic mass is 32.2. The lowest BCUT2D eigenvalue weighted by Crippen LogP contribution is -2.27. The van der Waals surface area contributed by atoms with E-state index in [1.165, 1.54) is 16.7 Å². The maximum atomic E-state index is 12.5. The summed E-state index contributed by atoms with van der Waals surface area (Å²) in [6.45, 7) is 0.599. The quantitative estimate of drug-likeness (QED) is 0.564. The minimum Gasteiger partial charge on any atom is -0.341 e. The Kier molecular flexibility index (Phi) is 6.58. The molecule has 1 aromatic heterocycles. The zero-order valence-corrected chi connectivity index (χ0v) is 17.3. The fraction of sp³-hybridized carbons (Fsp3) is 0.250. The molecular formula is C20H22N4OS2. The van der Waals surface area contributed by atoms with Crippen molar-refractivity contribution in [3.05, 3.63) is 60.2 Å². The van der Waals surface area contributed by atoms with Crippen molar-refractivity contribution in [1.29, 1.82) is 0 Å². The van der Waals surface area contributed by atoms with Crippen molar-refractivity contribution in [3.63, 3.8) is 0 Å². The Hall–Kier alpha value is -2.25. The zero-order valence-electron chi connectivity index (χ0n) is 15.6. The highest BCUT2D eigenvalue weighted by Gasteiger charge is 2.15. The van der Waals surface area contributed by atoms with Crippen LogP contribution in [-0.4, -0.2) is 44.6 Å². The Morgan fingerprint density at radius 2 is 1.78 bits per heavy atom. The first kappa shape index (κ1) is 19.5. The molecule has 2 aromatic carbocycles. The summed E-state index contributed by atoms with van der Waals surface area (Å²) in [7, 11) is 3.75. The fourth-order valence-corrected chi connectivity index (χ4v) is 3.87. The molecule has 0 saturated heterocycles. The number of nitrogens with zero attached hydrogens (tertiary/aromatic N) is 4. The molecule has 27 heavy (non-hydrogen) atoms. The lowest BCUT2D eigenvalue weighted by atomic mass is 10.2. The van der Waals surface area contributed by atoms with Crippen molar-refractivity contribution in [3.8, 4) is 11.4 Å². The van der Waals surface area contributed by atoms with Crippen LogP contribution in [0.4, 0.5) is 0 Å². The molecule has 1 amide bonds. The molecule has 0 aliphatic carbocycles. The lowest BCUT2D eigenvalue weighted by Gasteiger charge is -2.17. The number of benzene rings is 2. The third-order valence-electron chi connectivity index (χ3n) is 4.20. The number of hydrogen-bond donors (Lipinski definition) is 0. The van der Waals surface area contributed by atoms with Crippen molar-refractivity contribution in [2.75, 3.05) is 19.1 Å². The van der Waals surface area contributed by atoms with E-state index in [0.29, 0.717) is 12.3 Å². The van der Waals surface area contributed by atoms with Crippen LogP contribution in [-0.2, 0) is 18.4 Å². The van der Waals surface area contributed by atoms with Crippen molar-refractivity contribution >= 4 is 29.4 Å². The first-order chi connectivity index (χ1) is 13.1. The Bertz CT molecular complexity index is 894. The van der Waals surface area contributed by atoms with Crippen LogP contribution in [0.3, 0.4) is 0 Å². The number of thioether (sulfide) groups is 2. The van der Waals surface area contributed by atoms with Crippen LogP contribution >= 0.6 is 23.5 Å². The average molecular weight is 399 g/mol. The van der Waals surface area contributed by atoms with Crippen LogP contribution < -0.4 is 0 Å². The standard InChI is InChI=1S/C20H22N4OS2/c1-23(13-15-9-11-17(26-3)12-10-15)18(25)14-27-20-22-21-19(24(20)2)16-7-5-4-6-8-16/h4-12H,13-14H2,1-3H3. The van der Waals surface area contributed by atoms with Crippen molar-refractivity contribution in [2.45, 2.75) is 16.6 Å². The molecule has 0 atom stereocenters. The van der Waals surface area contributed by atoms with E-state index in [2.05, 4.69) is 40.7 Å². The van der Waals surface area contributed by atoms with Gasteiger partial charge >= 0.3 is 0 Å². The van der Waals surface area contributed by atoms with E-state index in [9.17, 15) is 4.79 Å². The molecule has 0 unspecified atom stereocenters. The van der Waals surface area contributed by atoms with Gasteiger partial charge in [0.25, 0.3) is 0 Å². The molecule has 3 rings (SSSR count). The highest BCUT2D eigenvalue weighted by Crippen LogP contribution is 2.23. The van der Waals surface area contributed by atoms with Gasteiger partial charge in [-0.15, -0.1) is 22.0 Å². The molecule has 0 bridgehead atoms. The van der Waals surface area contributed by atoms with Gasteiger partial charge < -0.3 is 9.47 Å². The van der Waals surface area contributed by atoms with Gasteiger partial charge in [0.15, 0.2) is 11.0 Å². The molecule has 0 radical (unpaired) electrons. The summed E-state index contributed by atoms with van der Waals surface area (Å²) in [6.07, 6.45) is 2.05. The van der Waals surface area contributed by atoms with Crippen LogP contribution in [0, 0.1) is 0 Å². The molecule has 0 N–H and O–H groups in total. The molecule has 0 saturated carbocycles. The van der Waals surface area contributed by atoms with Crippen molar-refractivity contribution in [1.82, 2.24) is 19.7 Å². The van der Waals surface area contributed by atoms with Crippen LogP contribution in [0.1, 0.15) is 5.56 Å². The summed E-state index contributed by atoms with van der Waals surface area (Å²) in [4.78, 5) is 15.4. The van der Waals surface area contributed by atoms with Gasteiger partial charge in [0, 0.05) is 31.1 Å². The van der Waals surface area contributed by atoms with Crippen LogP contribution in [0.25, 0.3) is 11.4 Å². The first-order valence-electron chi connectivity index (χ1n) is 8.53. The van der Waals surface area contributed by atoms with Crippen LogP contribution in [0.15, 0.2) is 64.6 Å². The number of rotatable bonds is 7. The van der Waals surface area contributed by atoms with E-state index in [1.54, 1.807) is 16.7 Å². The number of hydrogen-bond acceptors (Lipinski definition) is 5. The predicted octanol–water partition coefficient (Wildman–Crippen LogP) is 3.95. The average Bonchev–Trinajstić information content (AvgIpc) is 3.07. The smallest absolute Gasteiger partial charge is 0.233 e. The topological polar surface area (TPSA) is 51.0 Å². The van der Waals surface area contributed by atoms with Crippen LogP contribution in [0.5, 0.6) is 0 Å². The van der Waals surface area contributed by atoms with Gasteiger partial charge in [0.05, 0.1) is 5.75 Å². The molecule has 0 fully saturated rings. The molecule has 0 aliphatic rings. The van der Waals surface area contributed by atoms with Gasteiger partial charge in [-0.2, -0.15) is 0 Å². The molecule has 140 valence electrons. The number of carbonyl (C=O) groups excluding carboxylic acids is 1. The molecular weight excluding hydrogens is 376 g/mol. The molecule has 7 heteroatoms. The summed E-state index contributed by atoms with van der Waals surface area (Å²) >= 11 is 3.12. The van der Waals surface area contributed by atoms with Gasteiger partial charge in [-0.3, -0.25) is 4.79 Å². The monoisotopic (exact) mass is 398 g/mol. The van der Waals surface area contributed by atoms with Gasteiger partial charge in [-0.1, -0.05) is 54.2 Å². The van der Waals surface area contributed by atoms with E-state index in [0.717, 1.165) is 22.1 Å². The molecule has 3 aromatic rings. The SMILES string of the molecule is CSc1ccc(CN(C)C(=O)CSc2nnc(-c3ccccc3)n2C)cc1. The summed E-state index contributed by atoms with van der Waals surface area (Å²) in [5.74, 6) is 1.20. The summed E-state index contributed by atoms with van der Waals surface area (Å²) < 4.78 is 1.93. The molecule has 1 heterocycles. The normalized spacial score (nSPS) is 10.8. The van der Waals surface area contributed by atoms with Gasteiger partial charge in [0.1, 0.15) is 0 Å². The third kappa shape index (κ3) is 4.93. The molecule has 5 nitrogen and oxygen atoms in total. The van der Waals surface area contributed by atoms with Gasteiger partial charge in [0.2, 0.25) is 5.91 Å². The van der Waals surface area contributed by atoms with Crippen molar-refractivity contribution in [2.24, 2.45) is 7.05 Å². The van der Waals surface area contributed by atoms with E-state index in [1.807, 2.05) is 49.0 Å². The van der Waals surface area contributed by atoms with E-state index < -0.39 is 0 Å². The second-order valence-corrected chi connectivity index (χ2v) is 7.94. The highest BCUT2D eigenvalue weighted by molar-refractivity contribution is 7.99. The number of amides is 1. The first-order valence-corrected chi connectivity index (χ1v) is 10.7. The second kappa shape index (κ2) is 9.10. The number of aromatic nitrogens is 3. The number of carbonyl (C=O) groups is 1. The predicted molar refractivity (Wildman–Crippen MR) is 112 cm³/mol. The van der Waals surface area contributed by atoms with E-state index in [-0.39, 0.29) is 5.91 Å². The Balaban J connectivity index is 1.58. The maximum Gasteiger partial charge on any atom is 0.233 e. The third-order valence-corrected chi connectivity index (χ3v) is 5.94. The minimum absolute atomic E-state index is 0.0678. The van der Waals surface area contributed by atoms with E-state index >= 15 is 0 Å². The molecule has 0 aliphatic heterocycles. The Morgan fingerprint density at radius 3 is 2.44 bits per heavy atom. The summed E-state index contributed by atoms with van der Waals surface area (Å²) in [5.41, 5.74) is 2.13. The Labute approximate surface area is 168 Å². The lowest BCUT2D eigenvalue weighted by molar-refractivity contribution is -0.127. The zero-order chi connectivity index (χ0) is 19.2. The van der Waals surface area contributed by atoms with Gasteiger partial charge in [-0.25, -0.2) is 0 Å². The summed E-state index contributed by atoms with van der Waals surface area (Å²) in [5, 5.41) is 9.22. The Morgan fingerprint density at radius 1 is 1.07 bits per heavy atom. The van der Waals surface area contributed by atoms with Gasteiger partial charge in [-0.05, 0) is 24.0 Å². The minimum atomic E-state index is 0.0678. The second-order valence-electron chi connectivity index (χ2n) is 6.12. The fourth-order valence-electron chi connectivity index (χ4n) is 2.61. The van der Waals surface area contributed by atoms with Crippen LogP contribution in [0.2, 0.25) is 0 Å². The van der Waals surface area contributed by atoms with Crippen molar-refractivity contribution < 1.29 is 4.79 Å². The molecule has 0 spiro atoms. The van der Waals surface area contributed by atoms with E-state index in [4.69, 9.17) is 0 Å². The largest absolute Gasteiger partial charge is 0.341 e.